The van der Waals surface area contributed by atoms with Gasteiger partial charge >= 0.3 is 0 Å². The van der Waals surface area contributed by atoms with Crippen molar-refractivity contribution in [1.82, 2.24) is 4.98 Å². The van der Waals surface area contributed by atoms with E-state index in [9.17, 15) is 4.39 Å². The lowest BCUT2D eigenvalue weighted by Gasteiger charge is -2.07. The van der Waals surface area contributed by atoms with E-state index in [4.69, 9.17) is 4.74 Å². The molecule has 1 heterocycles. The number of thiazole rings is 1. The summed E-state index contributed by atoms with van der Waals surface area (Å²) in [6.45, 7) is 1.14. The average Bonchev–Trinajstić information content (AvgIpc) is 3.39. The number of anilines is 1. The van der Waals surface area contributed by atoms with Gasteiger partial charge in [0.15, 0.2) is 0 Å². The Bertz CT molecular complexity index is 922. The molecular formula is C21H20FN3OS. The Hall–Kier alpha value is -2.57. The highest BCUT2D eigenvalue weighted by Gasteiger charge is 2.21. The van der Waals surface area contributed by atoms with E-state index in [2.05, 4.69) is 15.5 Å². The van der Waals surface area contributed by atoms with Crippen LogP contribution in [0.5, 0.6) is 0 Å². The van der Waals surface area contributed by atoms with Crippen LogP contribution in [0.15, 0.2) is 59.0 Å². The van der Waals surface area contributed by atoms with Crippen molar-refractivity contribution in [1.29, 1.82) is 0 Å². The zero-order valence-electron chi connectivity index (χ0n) is 14.8. The van der Waals surface area contributed by atoms with Gasteiger partial charge in [-0.25, -0.2) is 9.37 Å². The molecule has 4 rings (SSSR count). The Labute approximate surface area is 161 Å². The number of rotatable bonds is 8. The topological polar surface area (TPSA) is 46.5 Å². The van der Waals surface area contributed by atoms with Gasteiger partial charge in [-0.05, 0) is 36.5 Å². The fourth-order valence-electron chi connectivity index (χ4n) is 2.67. The third kappa shape index (κ3) is 4.99. The molecule has 138 valence electrons. The van der Waals surface area contributed by atoms with E-state index in [1.807, 2.05) is 35.7 Å². The third-order valence-electron chi connectivity index (χ3n) is 4.35. The number of benzene rings is 2. The Morgan fingerprint density at radius 1 is 1.22 bits per heavy atom. The van der Waals surface area contributed by atoms with Gasteiger partial charge < -0.3 is 4.74 Å². The lowest BCUT2D eigenvalue weighted by Crippen LogP contribution is -2.02. The fraction of sp³-hybridized carbons (Fsp3) is 0.238. The molecule has 1 aromatic heterocycles. The Morgan fingerprint density at radius 3 is 2.89 bits per heavy atom. The lowest BCUT2D eigenvalue weighted by molar-refractivity contribution is 0.111. The standard InChI is InChI=1S/C21H20FN3OS/c22-19-9-8-17(18(10-19)13-26-12-15-6-7-15)11-23-25-21-24-20(14-27-21)16-4-2-1-3-5-16/h1-5,8-11,14-15H,6-7,12-13H2,(H,24,25). The van der Waals surface area contributed by atoms with E-state index >= 15 is 0 Å². The first kappa shape index (κ1) is 17.8. The summed E-state index contributed by atoms with van der Waals surface area (Å²) < 4.78 is 19.3. The molecule has 6 heteroatoms. The van der Waals surface area contributed by atoms with Gasteiger partial charge in [0, 0.05) is 23.1 Å². The van der Waals surface area contributed by atoms with E-state index in [-0.39, 0.29) is 5.82 Å². The molecule has 1 saturated carbocycles. The second kappa shape index (κ2) is 8.41. The van der Waals surface area contributed by atoms with E-state index in [1.165, 1.54) is 36.3 Å². The minimum atomic E-state index is -0.266. The Balaban J connectivity index is 1.40. The maximum atomic E-state index is 13.6. The summed E-state index contributed by atoms with van der Waals surface area (Å²) in [6, 6.07) is 14.7. The zero-order valence-corrected chi connectivity index (χ0v) is 15.6. The van der Waals surface area contributed by atoms with Crippen LogP contribution in [0, 0.1) is 11.7 Å². The second-order valence-corrected chi connectivity index (χ2v) is 7.43. The van der Waals surface area contributed by atoms with Crippen molar-refractivity contribution in [3.05, 3.63) is 70.9 Å². The van der Waals surface area contributed by atoms with Crippen LogP contribution in [0.25, 0.3) is 11.3 Å². The molecule has 0 amide bonds. The number of nitrogens with zero attached hydrogens (tertiary/aromatic N) is 2. The average molecular weight is 381 g/mol. The van der Waals surface area contributed by atoms with Gasteiger partial charge in [-0.1, -0.05) is 36.4 Å². The quantitative estimate of drug-likeness (QED) is 0.424. The molecule has 0 spiro atoms. The Kier molecular flexibility index (Phi) is 5.55. The van der Waals surface area contributed by atoms with Crippen LogP contribution in [0.2, 0.25) is 0 Å². The number of ether oxygens (including phenoxy) is 1. The second-order valence-electron chi connectivity index (χ2n) is 6.58. The highest BCUT2D eigenvalue weighted by Crippen LogP contribution is 2.29. The van der Waals surface area contributed by atoms with Gasteiger partial charge in [0.25, 0.3) is 0 Å². The van der Waals surface area contributed by atoms with Crippen molar-refractivity contribution in [2.45, 2.75) is 19.4 Å². The summed E-state index contributed by atoms with van der Waals surface area (Å²) in [6.07, 6.45) is 4.15. The molecule has 3 aromatic rings. The molecule has 1 aliphatic carbocycles. The van der Waals surface area contributed by atoms with E-state index < -0.39 is 0 Å². The summed E-state index contributed by atoms with van der Waals surface area (Å²) in [4.78, 5) is 4.53. The molecule has 0 radical (unpaired) electrons. The maximum absolute atomic E-state index is 13.6. The van der Waals surface area contributed by atoms with Gasteiger partial charge in [0.2, 0.25) is 5.13 Å². The number of hydrazone groups is 1. The van der Waals surface area contributed by atoms with Gasteiger partial charge in [-0.3, -0.25) is 5.43 Å². The molecule has 1 aliphatic rings. The predicted molar refractivity (Wildman–Crippen MR) is 108 cm³/mol. The van der Waals surface area contributed by atoms with E-state index in [0.717, 1.165) is 29.0 Å². The highest BCUT2D eigenvalue weighted by molar-refractivity contribution is 7.14. The number of hydrogen-bond donors (Lipinski definition) is 1. The predicted octanol–water partition coefficient (Wildman–Crippen LogP) is 5.32. The van der Waals surface area contributed by atoms with Crippen molar-refractivity contribution in [3.63, 3.8) is 0 Å². The normalized spacial score (nSPS) is 14.0. The van der Waals surface area contributed by atoms with E-state index in [1.54, 1.807) is 12.3 Å². The van der Waals surface area contributed by atoms with Gasteiger partial charge in [0.05, 0.1) is 18.5 Å². The summed E-state index contributed by atoms with van der Waals surface area (Å²) in [5.74, 6) is 0.415. The maximum Gasteiger partial charge on any atom is 0.203 e. The summed E-state index contributed by atoms with van der Waals surface area (Å²) in [7, 11) is 0. The number of hydrogen-bond acceptors (Lipinski definition) is 5. The number of nitrogens with one attached hydrogen (secondary N) is 1. The van der Waals surface area contributed by atoms with Crippen molar-refractivity contribution in [2.75, 3.05) is 12.0 Å². The molecule has 0 atom stereocenters. The van der Waals surface area contributed by atoms with Crippen molar-refractivity contribution in [2.24, 2.45) is 11.0 Å². The van der Waals surface area contributed by atoms with Gasteiger partial charge in [0.1, 0.15) is 5.82 Å². The largest absolute Gasteiger partial charge is 0.376 e. The third-order valence-corrected chi connectivity index (χ3v) is 5.10. The van der Waals surface area contributed by atoms with Gasteiger partial charge in [-0.2, -0.15) is 5.10 Å². The minimum absolute atomic E-state index is 0.266. The van der Waals surface area contributed by atoms with Crippen LogP contribution < -0.4 is 5.43 Å². The first-order valence-electron chi connectivity index (χ1n) is 8.94. The first-order valence-corrected chi connectivity index (χ1v) is 9.82. The van der Waals surface area contributed by atoms with Crippen molar-refractivity contribution >= 4 is 22.7 Å². The van der Waals surface area contributed by atoms with Crippen LogP contribution in [0.3, 0.4) is 0 Å². The number of aromatic nitrogens is 1. The van der Waals surface area contributed by atoms with Crippen LogP contribution in [-0.4, -0.2) is 17.8 Å². The van der Waals surface area contributed by atoms with Crippen LogP contribution in [0.1, 0.15) is 24.0 Å². The highest BCUT2D eigenvalue weighted by atomic mass is 32.1. The molecule has 27 heavy (non-hydrogen) atoms. The van der Waals surface area contributed by atoms with E-state index in [0.29, 0.717) is 17.7 Å². The molecule has 0 saturated heterocycles. The molecule has 0 aliphatic heterocycles. The summed E-state index contributed by atoms with van der Waals surface area (Å²) in [5.41, 5.74) is 6.56. The summed E-state index contributed by atoms with van der Waals surface area (Å²) >= 11 is 1.49. The SMILES string of the molecule is Fc1ccc(C=NNc2nc(-c3ccccc3)cs2)c(COCC2CC2)c1. The zero-order chi connectivity index (χ0) is 18.5. The molecule has 2 aromatic carbocycles. The van der Waals surface area contributed by atoms with Crippen LogP contribution in [0.4, 0.5) is 9.52 Å². The Morgan fingerprint density at radius 2 is 2.07 bits per heavy atom. The fourth-order valence-corrected chi connectivity index (χ4v) is 3.34. The molecule has 0 bridgehead atoms. The molecule has 1 N–H and O–H groups in total. The first-order chi connectivity index (χ1) is 13.3. The van der Waals surface area contributed by atoms with Crippen molar-refractivity contribution < 1.29 is 9.13 Å². The molecular weight excluding hydrogens is 361 g/mol. The summed E-state index contributed by atoms with van der Waals surface area (Å²) in [5, 5.41) is 6.96. The monoisotopic (exact) mass is 381 g/mol. The van der Waals surface area contributed by atoms with Crippen molar-refractivity contribution in [3.8, 4) is 11.3 Å². The van der Waals surface area contributed by atoms with Crippen LogP contribution >= 0.6 is 11.3 Å². The smallest absolute Gasteiger partial charge is 0.203 e. The molecule has 1 fully saturated rings. The minimum Gasteiger partial charge on any atom is -0.376 e. The lowest BCUT2D eigenvalue weighted by atomic mass is 10.1. The van der Waals surface area contributed by atoms with Gasteiger partial charge in [-0.15, -0.1) is 11.3 Å². The number of halogens is 1. The molecule has 4 nitrogen and oxygen atoms in total. The molecule has 0 unspecified atom stereocenters. The van der Waals surface area contributed by atoms with Crippen LogP contribution in [-0.2, 0) is 11.3 Å².